The highest BCUT2D eigenvalue weighted by molar-refractivity contribution is 7.98. The fourth-order valence-electron chi connectivity index (χ4n) is 6.43. The minimum atomic E-state index is 0.301. The zero-order chi connectivity index (χ0) is 21.4. The third-order valence-electron chi connectivity index (χ3n) is 7.64. The number of nitrogens with two attached hydrogens (primary N) is 1. The van der Waals surface area contributed by atoms with Crippen molar-refractivity contribution in [3.8, 4) is 6.07 Å². The molecule has 4 aliphatic rings. The predicted molar refractivity (Wildman–Crippen MR) is 125 cm³/mol. The standard InChI is InChI=1S/C24H30N6S/c1-31-20-5-3-2-4-16(20)12-27-23-28-13-19(11-25)22(30-23)29-14-24-8-15-6-17(9-24)21(26)18(7-15)10-24/h2-5,13,15,17-18,21H,6-10,12,14,26H2,1H3,(H2,27,28,29,30)/t15?,17-,18+,21-,24-. The number of thioether (sulfide) groups is 1. The molecule has 5 atom stereocenters. The van der Waals surface area contributed by atoms with E-state index in [0.717, 1.165) is 12.5 Å². The Morgan fingerprint density at radius 2 is 1.97 bits per heavy atom. The lowest BCUT2D eigenvalue weighted by atomic mass is 9.48. The number of hydrogen-bond acceptors (Lipinski definition) is 7. The molecular weight excluding hydrogens is 404 g/mol. The van der Waals surface area contributed by atoms with Gasteiger partial charge in [0.15, 0.2) is 0 Å². The van der Waals surface area contributed by atoms with Crippen molar-refractivity contribution < 1.29 is 0 Å². The topological polar surface area (TPSA) is 99.7 Å². The van der Waals surface area contributed by atoms with Crippen molar-refractivity contribution >= 4 is 23.5 Å². The van der Waals surface area contributed by atoms with E-state index >= 15 is 0 Å². The van der Waals surface area contributed by atoms with E-state index in [4.69, 9.17) is 5.73 Å². The molecule has 31 heavy (non-hydrogen) atoms. The van der Waals surface area contributed by atoms with Gasteiger partial charge in [-0.3, -0.25) is 0 Å². The summed E-state index contributed by atoms with van der Waals surface area (Å²) in [6.45, 7) is 1.51. The van der Waals surface area contributed by atoms with Gasteiger partial charge in [-0.05, 0) is 73.2 Å². The van der Waals surface area contributed by atoms with Gasteiger partial charge in [0.1, 0.15) is 17.5 Å². The molecule has 0 radical (unpaired) electrons. The summed E-state index contributed by atoms with van der Waals surface area (Å²) >= 11 is 1.73. The highest BCUT2D eigenvalue weighted by Gasteiger charge is 2.54. The van der Waals surface area contributed by atoms with E-state index in [0.29, 0.717) is 47.2 Å². The van der Waals surface area contributed by atoms with Crippen molar-refractivity contribution in [2.75, 3.05) is 23.4 Å². The maximum absolute atomic E-state index is 9.57. The van der Waals surface area contributed by atoms with E-state index < -0.39 is 0 Å². The number of benzene rings is 1. The summed E-state index contributed by atoms with van der Waals surface area (Å²) < 4.78 is 0. The largest absolute Gasteiger partial charge is 0.368 e. The molecule has 0 saturated heterocycles. The van der Waals surface area contributed by atoms with Gasteiger partial charge < -0.3 is 16.4 Å². The van der Waals surface area contributed by atoms with Crippen LogP contribution in [-0.2, 0) is 6.54 Å². The summed E-state index contributed by atoms with van der Waals surface area (Å²) in [5.74, 6) is 3.35. The molecule has 0 amide bonds. The maximum Gasteiger partial charge on any atom is 0.224 e. The third-order valence-corrected chi connectivity index (χ3v) is 8.48. The second-order valence-corrected chi connectivity index (χ2v) is 10.5. The van der Waals surface area contributed by atoms with Crippen molar-refractivity contribution in [1.29, 1.82) is 5.26 Å². The summed E-state index contributed by atoms with van der Waals surface area (Å²) in [5, 5.41) is 16.4. The fourth-order valence-corrected chi connectivity index (χ4v) is 7.04. The van der Waals surface area contributed by atoms with Crippen LogP contribution in [0.1, 0.15) is 43.2 Å². The first-order chi connectivity index (χ1) is 15.1. The number of hydrogen-bond donors (Lipinski definition) is 3. The zero-order valence-corrected chi connectivity index (χ0v) is 18.8. The van der Waals surface area contributed by atoms with Crippen molar-refractivity contribution in [3.63, 3.8) is 0 Å². The number of nitrogens with one attached hydrogen (secondary N) is 2. The Balaban J connectivity index is 1.29. The van der Waals surface area contributed by atoms with Gasteiger partial charge in [0, 0.05) is 24.0 Å². The zero-order valence-electron chi connectivity index (χ0n) is 18.0. The molecule has 6 rings (SSSR count). The first-order valence-electron chi connectivity index (χ1n) is 11.2. The van der Waals surface area contributed by atoms with Crippen molar-refractivity contribution in [2.24, 2.45) is 28.9 Å². The van der Waals surface area contributed by atoms with Gasteiger partial charge in [-0.25, -0.2) is 4.98 Å². The number of nitrogens with zero attached hydrogens (tertiary/aromatic N) is 3. The minimum Gasteiger partial charge on any atom is -0.368 e. The van der Waals surface area contributed by atoms with Crippen LogP contribution in [0.15, 0.2) is 35.4 Å². The Morgan fingerprint density at radius 1 is 1.19 bits per heavy atom. The van der Waals surface area contributed by atoms with E-state index in [1.54, 1.807) is 18.0 Å². The molecule has 7 heteroatoms. The average molecular weight is 435 g/mol. The monoisotopic (exact) mass is 434 g/mol. The number of nitriles is 1. The number of aromatic nitrogens is 2. The lowest BCUT2D eigenvalue weighted by Crippen LogP contribution is -2.58. The van der Waals surface area contributed by atoms with Crippen LogP contribution in [0.3, 0.4) is 0 Å². The van der Waals surface area contributed by atoms with Crippen LogP contribution in [0.2, 0.25) is 0 Å². The van der Waals surface area contributed by atoms with E-state index in [1.807, 2.05) is 12.1 Å². The average Bonchev–Trinajstić information content (AvgIpc) is 2.79. The molecule has 4 N–H and O–H groups in total. The van der Waals surface area contributed by atoms with Gasteiger partial charge in [-0.1, -0.05) is 18.2 Å². The van der Waals surface area contributed by atoms with E-state index in [9.17, 15) is 5.26 Å². The molecule has 1 unspecified atom stereocenters. The number of rotatable bonds is 7. The first kappa shape index (κ1) is 20.6. The normalized spacial score (nSPS) is 30.7. The van der Waals surface area contributed by atoms with Crippen LogP contribution in [-0.4, -0.2) is 28.8 Å². The molecule has 6 nitrogen and oxygen atoms in total. The molecule has 162 valence electrons. The number of anilines is 2. The van der Waals surface area contributed by atoms with Crippen LogP contribution in [0.4, 0.5) is 11.8 Å². The van der Waals surface area contributed by atoms with Gasteiger partial charge in [0.05, 0.1) is 6.20 Å². The van der Waals surface area contributed by atoms with Crippen molar-refractivity contribution in [3.05, 3.63) is 41.6 Å². The molecule has 2 aromatic rings. The van der Waals surface area contributed by atoms with E-state index in [2.05, 4.69) is 45.1 Å². The first-order valence-corrected chi connectivity index (χ1v) is 12.4. The van der Waals surface area contributed by atoms with Gasteiger partial charge in [-0.15, -0.1) is 11.8 Å². The molecule has 0 aliphatic heterocycles. The quantitative estimate of drug-likeness (QED) is 0.560. The van der Waals surface area contributed by atoms with Crippen LogP contribution in [0.5, 0.6) is 0 Å². The second-order valence-electron chi connectivity index (χ2n) is 9.63. The van der Waals surface area contributed by atoms with Crippen LogP contribution >= 0.6 is 11.8 Å². The Morgan fingerprint density at radius 3 is 2.71 bits per heavy atom. The molecule has 1 aromatic heterocycles. The maximum atomic E-state index is 9.57. The minimum absolute atomic E-state index is 0.301. The van der Waals surface area contributed by atoms with Crippen LogP contribution < -0.4 is 16.4 Å². The smallest absolute Gasteiger partial charge is 0.224 e. The molecule has 4 saturated carbocycles. The van der Waals surface area contributed by atoms with Gasteiger partial charge in [0.25, 0.3) is 0 Å². The predicted octanol–water partition coefficient (Wildman–Crippen LogP) is 4.25. The second kappa shape index (κ2) is 8.33. The third kappa shape index (κ3) is 3.99. The Hall–Kier alpha value is -2.30. The fraction of sp³-hybridized carbons (Fsp3) is 0.542. The highest BCUT2D eigenvalue weighted by atomic mass is 32.2. The summed E-state index contributed by atoms with van der Waals surface area (Å²) in [6.07, 6.45) is 10.0. The lowest BCUT2D eigenvalue weighted by molar-refractivity contribution is -0.0591. The van der Waals surface area contributed by atoms with E-state index in [1.165, 1.54) is 42.6 Å². The highest BCUT2D eigenvalue weighted by Crippen LogP contribution is 2.59. The molecule has 0 spiro atoms. The van der Waals surface area contributed by atoms with Gasteiger partial charge in [0.2, 0.25) is 5.95 Å². The Bertz CT molecular complexity index is 986. The van der Waals surface area contributed by atoms with Crippen molar-refractivity contribution in [1.82, 2.24) is 9.97 Å². The Labute approximate surface area is 188 Å². The molecule has 4 fully saturated rings. The van der Waals surface area contributed by atoms with Crippen LogP contribution in [0.25, 0.3) is 0 Å². The molecule has 4 bridgehead atoms. The van der Waals surface area contributed by atoms with E-state index in [-0.39, 0.29) is 0 Å². The molecule has 1 aromatic carbocycles. The molecule has 4 aliphatic carbocycles. The van der Waals surface area contributed by atoms with Crippen molar-refractivity contribution in [2.45, 2.75) is 49.6 Å². The molecule has 1 heterocycles. The SMILES string of the molecule is CSc1ccccc1CNc1ncc(C#N)c(NC[C@]23CC4C[C@H](C2)[C@@H](N)[C@@H](C4)C3)n1. The summed E-state index contributed by atoms with van der Waals surface area (Å²) in [7, 11) is 0. The Kier molecular flexibility index (Phi) is 5.53. The molecular formula is C24H30N6S. The summed E-state index contributed by atoms with van der Waals surface area (Å²) in [6, 6.07) is 10.9. The summed E-state index contributed by atoms with van der Waals surface area (Å²) in [5.41, 5.74) is 8.51. The lowest BCUT2D eigenvalue weighted by Gasteiger charge is -2.59. The van der Waals surface area contributed by atoms with Gasteiger partial charge >= 0.3 is 0 Å². The summed E-state index contributed by atoms with van der Waals surface area (Å²) in [4.78, 5) is 10.3. The van der Waals surface area contributed by atoms with Gasteiger partial charge in [-0.2, -0.15) is 10.2 Å². The van der Waals surface area contributed by atoms with Crippen LogP contribution in [0, 0.1) is 34.5 Å².